The zero-order valence-electron chi connectivity index (χ0n) is 12.2. The van der Waals surface area contributed by atoms with Crippen LogP contribution in [0, 0.1) is 5.92 Å². The Kier molecular flexibility index (Phi) is 4.38. The molecular weight excluding hydrogens is 238 g/mol. The number of carbonyl (C=O) groups is 1. The molecule has 2 rings (SSSR count). The van der Waals surface area contributed by atoms with Gasteiger partial charge in [0.05, 0.1) is 6.61 Å². The maximum Gasteiger partial charge on any atom is 0.150 e. The van der Waals surface area contributed by atoms with Crippen LogP contribution >= 0.6 is 0 Å². The average molecular weight is 261 g/mol. The fourth-order valence-electron chi connectivity index (χ4n) is 2.82. The van der Waals surface area contributed by atoms with E-state index in [4.69, 9.17) is 4.74 Å². The first kappa shape index (κ1) is 14.2. The largest absolute Gasteiger partial charge is 0.357 e. The second-order valence-corrected chi connectivity index (χ2v) is 5.78. The quantitative estimate of drug-likeness (QED) is 0.779. The monoisotopic (exact) mass is 261 g/mol. The molecule has 1 saturated heterocycles. The normalized spacial score (nSPS) is 24.3. The Bertz CT molecular complexity index is 442. The second kappa shape index (κ2) is 5.85. The van der Waals surface area contributed by atoms with Crippen LogP contribution < -0.4 is 0 Å². The number of rotatable bonds is 4. The average Bonchev–Trinajstić information content (AvgIpc) is 2.83. The molecule has 0 radical (unpaired) electrons. The van der Waals surface area contributed by atoms with Crippen LogP contribution in [0.1, 0.15) is 49.8 Å². The molecule has 1 aromatic rings. The fourth-order valence-corrected chi connectivity index (χ4v) is 2.82. The van der Waals surface area contributed by atoms with Crippen molar-refractivity contribution in [3.63, 3.8) is 0 Å². The summed E-state index contributed by atoms with van der Waals surface area (Å²) >= 11 is 0. The molecule has 0 spiro atoms. The van der Waals surface area contributed by atoms with Crippen LogP contribution in [-0.4, -0.2) is 29.9 Å². The SMILES string of the molecule is CC(C)[C@H]1CO[C@@H](c2ccccc2C=O)N1C(C)C. The third kappa shape index (κ3) is 2.72. The minimum absolute atomic E-state index is 0.103. The van der Waals surface area contributed by atoms with Gasteiger partial charge in [0, 0.05) is 23.2 Å². The topological polar surface area (TPSA) is 29.5 Å². The van der Waals surface area contributed by atoms with E-state index in [1.54, 1.807) is 0 Å². The van der Waals surface area contributed by atoms with Crippen molar-refractivity contribution >= 4 is 6.29 Å². The van der Waals surface area contributed by atoms with E-state index in [0.29, 0.717) is 18.0 Å². The van der Waals surface area contributed by atoms with Gasteiger partial charge in [0.2, 0.25) is 0 Å². The van der Waals surface area contributed by atoms with E-state index in [-0.39, 0.29) is 6.23 Å². The Hall–Kier alpha value is -1.19. The number of aldehydes is 1. The number of benzene rings is 1. The van der Waals surface area contributed by atoms with Crippen LogP contribution in [-0.2, 0) is 4.74 Å². The molecule has 0 aromatic heterocycles. The molecule has 1 aliphatic heterocycles. The smallest absolute Gasteiger partial charge is 0.150 e. The van der Waals surface area contributed by atoms with Gasteiger partial charge in [-0.3, -0.25) is 9.69 Å². The van der Waals surface area contributed by atoms with Crippen LogP contribution in [0.15, 0.2) is 24.3 Å². The molecular formula is C16H23NO2. The predicted octanol–water partition coefficient (Wildman–Crippen LogP) is 3.26. The summed E-state index contributed by atoms with van der Waals surface area (Å²) in [6.07, 6.45) is 0.814. The lowest BCUT2D eigenvalue weighted by Crippen LogP contribution is -2.41. The molecule has 1 heterocycles. The molecule has 0 amide bonds. The van der Waals surface area contributed by atoms with Gasteiger partial charge in [-0.05, 0) is 19.8 Å². The lowest BCUT2D eigenvalue weighted by Gasteiger charge is -2.34. The molecule has 0 N–H and O–H groups in total. The Balaban J connectivity index is 2.36. The second-order valence-electron chi connectivity index (χ2n) is 5.78. The van der Waals surface area contributed by atoms with Gasteiger partial charge in [-0.2, -0.15) is 0 Å². The number of hydrogen-bond donors (Lipinski definition) is 0. The van der Waals surface area contributed by atoms with Crippen LogP contribution in [0.5, 0.6) is 0 Å². The molecule has 1 aliphatic rings. The van der Waals surface area contributed by atoms with E-state index >= 15 is 0 Å². The number of ether oxygens (including phenoxy) is 1. The molecule has 3 heteroatoms. The van der Waals surface area contributed by atoms with Crippen LogP contribution in [0.4, 0.5) is 0 Å². The minimum Gasteiger partial charge on any atom is -0.357 e. The number of hydrogen-bond acceptors (Lipinski definition) is 3. The third-order valence-corrected chi connectivity index (χ3v) is 3.83. The van der Waals surface area contributed by atoms with Gasteiger partial charge in [-0.15, -0.1) is 0 Å². The van der Waals surface area contributed by atoms with Crippen molar-refractivity contribution in [3.05, 3.63) is 35.4 Å². The van der Waals surface area contributed by atoms with Crippen LogP contribution in [0.3, 0.4) is 0 Å². The predicted molar refractivity (Wildman–Crippen MR) is 76.1 cm³/mol. The van der Waals surface area contributed by atoms with Crippen molar-refractivity contribution in [1.82, 2.24) is 4.90 Å². The summed E-state index contributed by atoms with van der Waals surface area (Å²) in [5.74, 6) is 0.538. The molecule has 3 nitrogen and oxygen atoms in total. The van der Waals surface area contributed by atoms with Crippen molar-refractivity contribution < 1.29 is 9.53 Å². The van der Waals surface area contributed by atoms with E-state index < -0.39 is 0 Å². The highest BCUT2D eigenvalue weighted by Crippen LogP contribution is 2.36. The molecule has 0 saturated carbocycles. The Labute approximate surface area is 115 Å². The highest BCUT2D eigenvalue weighted by Gasteiger charge is 2.39. The molecule has 0 aliphatic carbocycles. The molecule has 0 bridgehead atoms. The van der Waals surface area contributed by atoms with E-state index in [0.717, 1.165) is 24.0 Å². The highest BCUT2D eigenvalue weighted by atomic mass is 16.5. The van der Waals surface area contributed by atoms with Crippen LogP contribution in [0.2, 0.25) is 0 Å². The maximum absolute atomic E-state index is 11.2. The molecule has 0 unspecified atom stereocenters. The Morgan fingerprint density at radius 3 is 2.53 bits per heavy atom. The van der Waals surface area contributed by atoms with Gasteiger partial charge in [-0.25, -0.2) is 0 Å². The standard InChI is InChI=1S/C16H23NO2/c1-11(2)15-10-19-16(17(15)12(3)4)14-8-6-5-7-13(14)9-18/h5-9,11-12,15-16H,10H2,1-4H3/t15-,16+/m1/s1. The van der Waals surface area contributed by atoms with Gasteiger partial charge >= 0.3 is 0 Å². The zero-order chi connectivity index (χ0) is 14.0. The molecule has 1 fully saturated rings. The molecule has 1 aromatic carbocycles. The maximum atomic E-state index is 11.2. The number of nitrogens with zero attached hydrogens (tertiary/aromatic N) is 1. The molecule has 2 atom stereocenters. The first-order chi connectivity index (χ1) is 9.06. The summed E-state index contributed by atoms with van der Waals surface area (Å²) in [5, 5.41) is 0. The summed E-state index contributed by atoms with van der Waals surface area (Å²) < 4.78 is 6.00. The van der Waals surface area contributed by atoms with Gasteiger partial charge in [0.1, 0.15) is 12.5 Å². The summed E-state index contributed by atoms with van der Waals surface area (Å²) in [5.41, 5.74) is 1.71. The lowest BCUT2D eigenvalue weighted by atomic mass is 10.0. The first-order valence-electron chi connectivity index (χ1n) is 6.99. The van der Waals surface area contributed by atoms with Crippen LogP contribution in [0.25, 0.3) is 0 Å². The van der Waals surface area contributed by atoms with E-state index in [1.807, 2.05) is 24.3 Å². The zero-order valence-corrected chi connectivity index (χ0v) is 12.2. The summed E-state index contributed by atoms with van der Waals surface area (Å²) in [7, 11) is 0. The van der Waals surface area contributed by atoms with E-state index in [2.05, 4.69) is 32.6 Å². The van der Waals surface area contributed by atoms with Gasteiger partial charge in [0.15, 0.2) is 0 Å². The van der Waals surface area contributed by atoms with Crippen molar-refractivity contribution in [2.24, 2.45) is 5.92 Å². The van der Waals surface area contributed by atoms with Crippen molar-refractivity contribution in [1.29, 1.82) is 0 Å². The van der Waals surface area contributed by atoms with Crippen molar-refractivity contribution in [2.45, 2.75) is 46.0 Å². The van der Waals surface area contributed by atoms with E-state index in [9.17, 15) is 4.79 Å². The minimum atomic E-state index is -0.103. The highest BCUT2D eigenvalue weighted by molar-refractivity contribution is 5.77. The summed E-state index contributed by atoms with van der Waals surface area (Å²) in [4.78, 5) is 13.6. The fraction of sp³-hybridized carbons (Fsp3) is 0.562. The third-order valence-electron chi connectivity index (χ3n) is 3.83. The molecule has 104 valence electrons. The summed E-state index contributed by atoms with van der Waals surface area (Å²) in [6.45, 7) is 9.53. The molecule has 19 heavy (non-hydrogen) atoms. The van der Waals surface area contributed by atoms with Gasteiger partial charge in [-0.1, -0.05) is 38.1 Å². The summed E-state index contributed by atoms with van der Waals surface area (Å²) in [6, 6.07) is 8.50. The van der Waals surface area contributed by atoms with Gasteiger partial charge in [0.25, 0.3) is 0 Å². The van der Waals surface area contributed by atoms with Gasteiger partial charge < -0.3 is 4.74 Å². The lowest BCUT2D eigenvalue weighted by molar-refractivity contribution is 0.00917. The van der Waals surface area contributed by atoms with E-state index in [1.165, 1.54) is 0 Å². The van der Waals surface area contributed by atoms with Crippen molar-refractivity contribution in [3.8, 4) is 0 Å². The van der Waals surface area contributed by atoms with Crippen molar-refractivity contribution in [2.75, 3.05) is 6.61 Å². The first-order valence-corrected chi connectivity index (χ1v) is 6.99. The number of carbonyl (C=O) groups excluding carboxylic acids is 1. The Morgan fingerprint density at radius 2 is 1.95 bits per heavy atom. The Morgan fingerprint density at radius 1 is 1.26 bits per heavy atom.